The Bertz CT molecular complexity index is 768. The van der Waals surface area contributed by atoms with Crippen LogP contribution in [-0.2, 0) is 9.47 Å². The first-order valence-corrected chi connectivity index (χ1v) is 10.8. The molecule has 2 N–H and O–H groups in total. The van der Waals surface area contributed by atoms with Crippen molar-refractivity contribution < 1.29 is 14.2 Å². The van der Waals surface area contributed by atoms with Gasteiger partial charge in [0.2, 0.25) is 0 Å². The van der Waals surface area contributed by atoms with Crippen molar-refractivity contribution in [2.75, 3.05) is 46.6 Å². The molecule has 2 aromatic carbocycles. The molecule has 1 heterocycles. The zero-order valence-electron chi connectivity index (χ0n) is 18.2. The van der Waals surface area contributed by atoms with Crippen molar-refractivity contribution in [3.63, 3.8) is 0 Å². The van der Waals surface area contributed by atoms with Crippen LogP contribution in [-0.4, -0.2) is 58.6 Å². The summed E-state index contributed by atoms with van der Waals surface area (Å²) in [6.07, 6.45) is 3.49. The Morgan fingerprint density at radius 2 is 1.81 bits per heavy atom. The van der Waals surface area contributed by atoms with Crippen molar-refractivity contribution in [3.8, 4) is 16.9 Å². The third-order valence-electron chi connectivity index (χ3n) is 4.93. The van der Waals surface area contributed by atoms with Crippen LogP contribution < -0.4 is 15.4 Å². The minimum atomic E-state index is 0. The van der Waals surface area contributed by atoms with Crippen molar-refractivity contribution in [3.05, 3.63) is 54.6 Å². The summed E-state index contributed by atoms with van der Waals surface area (Å²) < 4.78 is 17.3. The predicted molar refractivity (Wildman–Crippen MR) is 137 cm³/mol. The summed E-state index contributed by atoms with van der Waals surface area (Å²) in [5, 5.41) is 6.59. The maximum absolute atomic E-state index is 6.02. The number of guanidine groups is 1. The van der Waals surface area contributed by atoms with E-state index in [1.54, 1.807) is 7.05 Å². The van der Waals surface area contributed by atoms with Crippen LogP contribution in [0.1, 0.15) is 19.3 Å². The predicted octanol–water partition coefficient (Wildman–Crippen LogP) is 4.10. The van der Waals surface area contributed by atoms with Crippen LogP contribution in [0.25, 0.3) is 11.1 Å². The van der Waals surface area contributed by atoms with Gasteiger partial charge in [-0.1, -0.05) is 48.5 Å². The fraction of sp³-hybridized carbons (Fsp3) is 0.458. The average molecular weight is 539 g/mol. The number of halogens is 1. The van der Waals surface area contributed by atoms with Crippen molar-refractivity contribution in [1.82, 2.24) is 10.6 Å². The van der Waals surface area contributed by atoms with Crippen LogP contribution in [0.5, 0.6) is 5.75 Å². The number of hydrogen-bond donors (Lipinski definition) is 2. The molecule has 1 unspecified atom stereocenters. The maximum Gasteiger partial charge on any atom is 0.191 e. The molecule has 0 radical (unpaired) electrons. The number of nitrogens with zero attached hydrogens (tertiary/aromatic N) is 1. The molecule has 170 valence electrons. The average Bonchev–Trinajstić information content (AvgIpc) is 3.32. The fourth-order valence-electron chi connectivity index (χ4n) is 3.37. The molecular weight excluding hydrogens is 505 g/mol. The number of para-hydroxylation sites is 1. The van der Waals surface area contributed by atoms with Gasteiger partial charge in [-0.2, -0.15) is 0 Å². The van der Waals surface area contributed by atoms with Gasteiger partial charge in [-0.15, -0.1) is 24.0 Å². The monoisotopic (exact) mass is 539 g/mol. The lowest BCUT2D eigenvalue weighted by Crippen LogP contribution is -2.40. The van der Waals surface area contributed by atoms with E-state index in [2.05, 4.69) is 33.8 Å². The second-order valence-electron chi connectivity index (χ2n) is 7.20. The first-order valence-electron chi connectivity index (χ1n) is 10.8. The summed E-state index contributed by atoms with van der Waals surface area (Å²) >= 11 is 0. The SMILES string of the molecule is CN=C(NCCCOCC1CCCO1)NCCOc1ccccc1-c1ccccc1.I. The van der Waals surface area contributed by atoms with Crippen LogP contribution in [0.4, 0.5) is 0 Å². The molecule has 0 saturated carbocycles. The van der Waals surface area contributed by atoms with Gasteiger partial charge in [0.05, 0.1) is 19.3 Å². The second-order valence-corrected chi connectivity index (χ2v) is 7.20. The van der Waals surface area contributed by atoms with Crippen molar-refractivity contribution >= 4 is 29.9 Å². The molecule has 31 heavy (non-hydrogen) atoms. The molecule has 1 saturated heterocycles. The summed E-state index contributed by atoms with van der Waals surface area (Å²) in [4.78, 5) is 4.26. The number of hydrogen-bond acceptors (Lipinski definition) is 4. The molecule has 2 aromatic rings. The Morgan fingerprint density at radius 3 is 2.58 bits per heavy atom. The van der Waals surface area contributed by atoms with E-state index in [0.29, 0.717) is 25.9 Å². The van der Waals surface area contributed by atoms with Crippen molar-refractivity contribution in [2.45, 2.75) is 25.4 Å². The third kappa shape index (κ3) is 9.04. The molecule has 6 nitrogen and oxygen atoms in total. The fourth-order valence-corrected chi connectivity index (χ4v) is 3.37. The minimum absolute atomic E-state index is 0. The largest absolute Gasteiger partial charge is 0.491 e. The van der Waals surface area contributed by atoms with Crippen LogP contribution in [0.2, 0.25) is 0 Å². The Labute approximate surface area is 202 Å². The van der Waals surface area contributed by atoms with Crippen LogP contribution in [0, 0.1) is 0 Å². The van der Waals surface area contributed by atoms with Gasteiger partial charge in [0.15, 0.2) is 5.96 Å². The molecule has 3 rings (SSSR count). The van der Waals surface area contributed by atoms with Gasteiger partial charge in [0.25, 0.3) is 0 Å². The molecule has 0 bridgehead atoms. The summed E-state index contributed by atoms with van der Waals surface area (Å²) in [6, 6.07) is 18.4. The Kier molecular flexibility index (Phi) is 12.3. The maximum atomic E-state index is 6.02. The summed E-state index contributed by atoms with van der Waals surface area (Å²) in [5.74, 6) is 1.66. The van der Waals surface area contributed by atoms with Crippen LogP contribution in [0.3, 0.4) is 0 Å². The van der Waals surface area contributed by atoms with Gasteiger partial charge in [0.1, 0.15) is 12.4 Å². The Hall–Kier alpha value is -1.84. The Balaban J connectivity index is 0.00000341. The first-order chi connectivity index (χ1) is 14.9. The standard InChI is InChI=1S/C24H33N3O3.HI/c1-25-24(26-14-8-16-28-19-21-11-7-17-29-21)27-15-18-30-23-13-6-5-12-22(23)20-9-3-2-4-10-20;/h2-6,9-10,12-13,21H,7-8,11,14-19H2,1H3,(H2,25,26,27);1H. The number of rotatable bonds is 11. The highest BCUT2D eigenvalue weighted by Crippen LogP contribution is 2.29. The normalized spacial score (nSPS) is 15.9. The van der Waals surface area contributed by atoms with E-state index >= 15 is 0 Å². The Morgan fingerprint density at radius 1 is 1.03 bits per heavy atom. The van der Waals surface area contributed by atoms with Crippen LogP contribution >= 0.6 is 24.0 Å². The second kappa shape index (κ2) is 15.0. The molecule has 1 fully saturated rings. The highest BCUT2D eigenvalue weighted by molar-refractivity contribution is 14.0. The van der Waals surface area contributed by atoms with E-state index in [9.17, 15) is 0 Å². The molecule has 7 heteroatoms. The van der Waals surface area contributed by atoms with Crippen molar-refractivity contribution in [1.29, 1.82) is 0 Å². The summed E-state index contributed by atoms with van der Waals surface area (Å²) in [7, 11) is 1.77. The zero-order chi connectivity index (χ0) is 20.9. The lowest BCUT2D eigenvalue weighted by molar-refractivity contribution is 0.0168. The topological polar surface area (TPSA) is 64.1 Å². The molecule has 0 spiro atoms. The van der Waals surface area contributed by atoms with Gasteiger partial charge >= 0.3 is 0 Å². The van der Waals surface area contributed by atoms with Gasteiger partial charge in [-0.05, 0) is 30.9 Å². The summed E-state index contributed by atoms with van der Waals surface area (Å²) in [6.45, 7) is 4.33. The van der Waals surface area contributed by atoms with Gasteiger partial charge < -0.3 is 24.8 Å². The molecule has 1 aliphatic heterocycles. The quantitative estimate of drug-likeness (QED) is 0.195. The van der Waals surface area contributed by atoms with Gasteiger partial charge in [-0.25, -0.2) is 0 Å². The lowest BCUT2D eigenvalue weighted by Gasteiger charge is -2.14. The zero-order valence-corrected chi connectivity index (χ0v) is 20.5. The number of aliphatic imine (C=N–C) groups is 1. The summed E-state index contributed by atoms with van der Waals surface area (Å²) in [5.41, 5.74) is 2.25. The third-order valence-corrected chi connectivity index (χ3v) is 4.93. The molecular formula is C24H34IN3O3. The van der Waals surface area contributed by atoms with E-state index in [1.807, 2.05) is 36.4 Å². The lowest BCUT2D eigenvalue weighted by atomic mass is 10.1. The molecule has 0 aliphatic carbocycles. The number of nitrogens with one attached hydrogen (secondary N) is 2. The first kappa shape index (κ1) is 25.4. The number of ether oxygens (including phenoxy) is 3. The van der Waals surface area contributed by atoms with E-state index in [-0.39, 0.29) is 24.0 Å². The smallest absolute Gasteiger partial charge is 0.191 e. The molecule has 0 aromatic heterocycles. The van der Waals surface area contributed by atoms with E-state index in [4.69, 9.17) is 14.2 Å². The van der Waals surface area contributed by atoms with E-state index in [0.717, 1.165) is 61.9 Å². The van der Waals surface area contributed by atoms with Gasteiger partial charge in [0, 0.05) is 32.4 Å². The van der Waals surface area contributed by atoms with Crippen molar-refractivity contribution in [2.24, 2.45) is 4.99 Å². The van der Waals surface area contributed by atoms with Crippen LogP contribution in [0.15, 0.2) is 59.6 Å². The highest BCUT2D eigenvalue weighted by Gasteiger charge is 2.14. The number of benzene rings is 2. The minimum Gasteiger partial charge on any atom is -0.491 e. The molecule has 0 amide bonds. The molecule has 1 aliphatic rings. The molecule has 1 atom stereocenters. The van der Waals surface area contributed by atoms with E-state index in [1.165, 1.54) is 0 Å². The van der Waals surface area contributed by atoms with Gasteiger partial charge in [-0.3, -0.25) is 4.99 Å². The highest BCUT2D eigenvalue weighted by atomic mass is 127. The van der Waals surface area contributed by atoms with E-state index < -0.39 is 0 Å².